The molecule has 0 aromatic heterocycles. The SMILES string of the molecule is CN1CCN(Cc2ccc(-c3ccccc3)cc2F)CC1. The summed E-state index contributed by atoms with van der Waals surface area (Å²) >= 11 is 0. The van der Waals surface area contributed by atoms with Crippen molar-refractivity contribution < 1.29 is 4.39 Å². The van der Waals surface area contributed by atoms with Gasteiger partial charge >= 0.3 is 0 Å². The van der Waals surface area contributed by atoms with Crippen molar-refractivity contribution in [3.8, 4) is 11.1 Å². The molecule has 3 heteroatoms. The number of benzene rings is 2. The van der Waals surface area contributed by atoms with Crippen LogP contribution in [0, 0.1) is 5.82 Å². The highest BCUT2D eigenvalue weighted by Crippen LogP contribution is 2.22. The van der Waals surface area contributed by atoms with Gasteiger partial charge in [-0.2, -0.15) is 0 Å². The van der Waals surface area contributed by atoms with Crippen molar-refractivity contribution in [1.82, 2.24) is 9.80 Å². The zero-order chi connectivity index (χ0) is 14.7. The zero-order valence-corrected chi connectivity index (χ0v) is 12.4. The van der Waals surface area contributed by atoms with Gasteiger partial charge in [0.05, 0.1) is 0 Å². The lowest BCUT2D eigenvalue weighted by Gasteiger charge is -2.32. The standard InChI is InChI=1S/C18H21FN2/c1-20-9-11-21(12-10-20)14-17-8-7-16(13-18(17)19)15-5-3-2-4-6-15/h2-8,13H,9-12,14H2,1H3. The largest absolute Gasteiger partial charge is 0.304 e. The Labute approximate surface area is 125 Å². The molecule has 2 aromatic carbocycles. The number of halogens is 1. The Balaban J connectivity index is 1.73. The van der Waals surface area contributed by atoms with Crippen LogP contribution < -0.4 is 0 Å². The number of hydrogen-bond acceptors (Lipinski definition) is 2. The topological polar surface area (TPSA) is 6.48 Å². The fraction of sp³-hybridized carbons (Fsp3) is 0.333. The predicted octanol–water partition coefficient (Wildman–Crippen LogP) is 3.24. The van der Waals surface area contributed by atoms with Gasteiger partial charge < -0.3 is 4.90 Å². The average Bonchev–Trinajstić information content (AvgIpc) is 2.52. The van der Waals surface area contributed by atoms with Crippen LogP contribution in [0.15, 0.2) is 48.5 Å². The molecule has 0 radical (unpaired) electrons. The lowest BCUT2D eigenvalue weighted by atomic mass is 10.0. The smallest absolute Gasteiger partial charge is 0.128 e. The van der Waals surface area contributed by atoms with E-state index in [1.54, 1.807) is 6.07 Å². The number of rotatable bonds is 3. The van der Waals surface area contributed by atoms with Crippen LogP contribution in [0.3, 0.4) is 0 Å². The molecule has 21 heavy (non-hydrogen) atoms. The summed E-state index contributed by atoms with van der Waals surface area (Å²) in [4.78, 5) is 4.63. The Morgan fingerprint density at radius 3 is 2.29 bits per heavy atom. The summed E-state index contributed by atoms with van der Waals surface area (Å²) < 4.78 is 14.3. The lowest BCUT2D eigenvalue weighted by molar-refractivity contribution is 0.147. The third kappa shape index (κ3) is 3.49. The normalized spacial score (nSPS) is 17.0. The van der Waals surface area contributed by atoms with Crippen LogP contribution in [-0.4, -0.2) is 43.0 Å². The number of nitrogens with zero attached hydrogens (tertiary/aromatic N) is 2. The zero-order valence-electron chi connectivity index (χ0n) is 12.4. The fourth-order valence-corrected chi connectivity index (χ4v) is 2.73. The summed E-state index contributed by atoms with van der Waals surface area (Å²) in [6, 6.07) is 15.5. The van der Waals surface area contributed by atoms with Crippen LogP contribution in [-0.2, 0) is 6.54 Å². The molecule has 110 valence electrons. The van der Waals surface area contributed by atoms with Gasteiger partial charge in [-0.05, 0) is 24.2 Å². The first kappa shape index (κ1) is 14.2. The molecule has 0 N–H and O–H groups in total. The summed E-state index contributed by atoms with van der Waals surface area (Å²) in [7, 11) is 2.13. The van der Waals surface area contributed by atoms with E-state index in [-0.39, 0.29) is 5.82 Å². The Morgan fingerprint density at radius 2 is 1.62 bits per heavy atom. The Kier molecular flexibility index (Phi) is 4.32. The van der Waals surface area contributed by atoms with Gasteiger partial charge in [0, 0.05) is 38.3 Å². The molecule has 2 aromatic rings. The molecule has 0 atom stereocenters. The van der Waals surface area contributed by atoms with Gasteiger partial charge in [-0.25, -0.2) is 4.39 Å². The molecule has 2 nitrogen and oxygen atoms in total. The molecule has 1 heterocycles. The molecule has 0 spiro atoms. The van der Waals surface area contributed by atoms with Crippen LogP contribution in [0.25, 0.3) is 11.1 Å². The highest BCUT2D eigenvalue weighted by Gasteiger charge is 2.15. The van der Waals surface area contributed by atoms with E-state index < -0.39 is 0 Å². The predicted molar refractivity (Wildman–Crippen MR) is 84.6 cm³/mol. The summed E-state index contributed by atoms with van der Waals surface area (Å²) in [5.41, 5.74) is 2.79. The Morgan fingerprint density at radius 1 is 0.905 bits per heavy atom. The van der Waals surface area contributed by atoms with E-state index in [1.165, 1.54) is 0 Å². The third-order valence-corrected chi connectivity index (χ3v) is 4.15. The third-order valence-electron chi connectivity index (χ3n) is 4.15. The molecule has 0 saturated carbocycles. The van der Waals surface area contributed by atoms with Crippen molar-refractivity contribution in [2.45, 2.75) is 6.54 Å². The Hall–Kier alpha value is -1.71. The van der Waals surface area contributed by atoms with Gasteiger partial charge in [0.1, 0.15) is 5.82 Å². The molecular weight excluding hydrogens is 263 g/mol. The van der Waals surface area contributed by atoms with Gasteiger partial charge in [-0.15, -0.1) is 0 Å². The first-order chi connectivity index (χ1) is 10.2. The first-order valence-corrected chi connectivity index (χ1v) is 7.47. The minimum absolute atomic E-state index is 0.102. The molecule has 1 aliphatic heterocycles. The molecule has 1 aliphatic rings. The van der Waals surface area contributed by atoms with Gasteiger partial charge in [0.25, 0.3) is 0 Å². The molecule has 1 saturated heterocycles. The first-order valence-electron chi connectivity index (χ1n) is 7.47. The van der Waals surface area contributed by atoms with Crippen molar-refractivity contribution in [2.24, 2.45) is 0 Å². The Bertz CT molecular complexity index is 589. The molecule has 0 bridgehead atoms. The quantitative estimate of drug-likeness (QED) is 0.854. The molecule has 0 unspecified atom stereocenters. The maximum atomic E-state index is 14.3. The number of hydrogen-bond donors (Lipinski definition) is 0. The van der Waals surface area contributed by atoms with E-state index in [1.807, 2.05) is 42.5 Å². The van der Waals surface area contributed by atoms with Crippen LogP contribution in [0.1, 0.15) is 5.56 Å². The number of piperazine rings is 1. The van der Waals surface area contributed by atoms with Gasteiger partial charge in [0.2, 0.25) is 0 Å². The summed E-state index contributed by atoms with van der Waals surface area (Å²) in [6.07, 6.45) is 0. The monoisotopic (exact) mass is 284 g/mol. The summed E-state index contributed by atoms with van der Waals surface area (Å²) in [6.45, 7) is 4.84. The van der Waals surface area contributed by atoms with E-state index in [0.29, 0.717) is 6.54 Å². The summed E-state index contributed by atoms with van der Waals surface area (Å²) in [5.74, 6) is -0.102. The van der Waals surface area contributed by atoms with Crippen molar-refractivity contribution >= 4 is 0 Å². The molecule has 0 amide bonds. The highest BCUT2D eigenvalue weighted by atomic mass is 19.1. The average molecular weight is 284 g/mol. The summed E-state index contributed by atoms with van der Waals surface area (Å²) in [5, 5.41) is 0. The molecule has 1 fully saturated rings. The number of likely N-dealkylation sites (N-methyl/N-ethyl adjacent to an activating group) is 1. The molecule has 3 rings (SSSR count). The molecule has 0 aliphatic carbocycles. The molecular formula is C18H21FN2. The highest BCUT2D eigenvalue weighted by molar-refractivity contribution is 5.63. The van der Waals surface area contributed by atoms with Gasteiger partial charge in [0.15, 0.2) is 0 Å². The maximum absolute atomic E-state index is 14.3. The minimum atomic E-state index is -0.102. The van der Waals surface area contributed by atoms with E-state index in [2.05, 4.69) is 16.8 Å². The lowest BCUT2D eigenvalue weighted by Crippen LogP contribution is -2.44. The second kappa shape index (κ2) is 6.37. The van der Waals surface area contributed by atoms with Crippen molar-refractivity contribution in [1.29, 1.82) is 0 Å². The van der Waals surface area contributed by atoms with Crippen LogP contribution in [0.4, 0.5) is 4.39 Å². The fourth-order valence-electron chi connectivity index (χ4n) is 2.73. The second-order valence-electron chi connectivity index (χ2n) is 5.75. The van der Waals surface area contributed by atoms with Crippen molar-refractivity contribution in [3.63, 3.8) is 0 Å². The van der Waals surface area contributed by atoms with E-state index in [4.69, 9.17) is 0 Å². The van der Waals surface area contributed by atoms with E-state index in [9.17, 15) is 4.39 Å². The van der Waals surface area contributed by atoms with Crippen LogP contribution in [0.5, 0.6) is 0 Å². The van der Waals surface area contributed by atoms with E-state index >= 15 is 0 Å². The second-order valence-corrected chi connectivity index (χ2v) is 5.75. The maximum Gasteiger partial charge on any atom is 0.128 e. The van der Waals surface area contributed by atoms with Gasteiger partial charge in [-0.1, -0.05) is 42.5 Å². The van der Waals surface area contributed by atoms with Crippen molar-refractivity contribution in [3.05, 3.63) is 59.9 Å². The van der Waals surface area contributed by atoms with Crippen molar-refractivity contribution in [2.75, 3.05) is 33.2 Å². The minimum Gasteiger partial charge on any atom is -0.304 e. The van der Waals surface area contributed by atoms with Crippen LogP contribution in [0.2, 0.25) is 0 Å². The van der Waals surface area contributed by atoms with E-state index in [0.717, 1.165) is 42.9 Å². The van der Waals surface area contributed by atoms with Gasteiger partial charge in [-0.3, -0.25) is 4.90 Å². The van der Waals surface area contributed by atoms with Crippen LogP contribution >= 0.6 is 0 Å².